The Kier molecular flexibility index (Phi) is 4.98. The molecule has 0 atom stereocenters. The summed E-state index contributed by atoms with van der Waals surface area (Å²) >= 11 is 0. The monoisotopic (exact) mass is 378 g/mol. The van der Waals surface area contributed by atoms with Gasteiger partial charge in [-0.1, -0.05) is 42.5 Å². The van der Waals surface area contributed by atoms with E-state index in [0.29, 0.717) is 5.56 Å². The zero-order valence-electron chi connectivity index (χ0n) is 14.1. The molecule has 0 aliphatic carbocycles. The highest BCUT2D eigenvalue weighted by Gasteiger charge is 2.35. The van der Waals surface area contributed by atoms with Gasteiger partial charge in [-0.2, -0.15) is 18.3 Å². The van der Waals surface area contributed by atoms with Gasteiger partial charge < -0.3 is 4.74 Å². The lowest BCUT2D eigenvalue weighted by Crippen LogP contribution is -2.12. The van der Waals surface area contributed by atoms with E-state index in [1.807, 2.05) is 0 Å². The van der Waals surface area contributed by atoms with Gasteiger partial charge in [-0.15, -0.1) is 0 Å². The zero-order valence-corrected chi connectivity index (χ0v) is 14.1. The number of alkyl halides is 3. The van der Waals surface area contributed by atoms with E-state index in [2.05, 4.69) is 9.84 Å². The lowest BCUT2D eigenvalue weighted by atomic mass is 10.1. The fourth-order valence-electron chi connectivity index (χ4n) is 2.65. The summed E-state index contributed by atoms with van der Waals surface area (Å²) in [6, 6.07) is 13.3. The average molecular weight is 378 g/mol. The van der Waals surface area contributed by atoms with Gasteiger partial charge in [0.15, 0.2) is 5.69 Å². The minimum atomic E-state index is -4.64. The molecule has 27 heavy (non-hydrogen) atoms. The van der Waals surface area contributed by atoms with Crippen molar-refractivity contribution in [3.05, 3.63) is 77.2 Å². The number of rotatable bonds is 4. The van der Waals surface area contributed by atoms with Crippen LogP contribution < -0.4 is 0 Å². The van der Waals surface area contributed by atoms with Gasteiger partial charge in [0.1, 0.15) is 5.82 Å². The zero-order chi connectivity index (χ0) is 19.6. The highest BCUT2D eigenvalue weighted by Crippen LogP contribution is 2.32. The first-order valence-electron chi connectivity index (χ1n) is 7.87. The molecule has 3 aromatic rings. The summed E-state index contributed by atoms with van der Waals surface area (Å²) in [6.45, 7) is -0.281. The average Bonchev–Trinajstić information content (AvgIpc) is 3.08. The molecule has 3 rings (SSSR count). The second kappa shape index (κ2) is 7.22. The molecule has 0 fully saturated rings. The number of ether oxygens (including phenoxy) is 1. The molecule has 0 unspecified atom stereocenters. The van der Waals surface area contributed by atoms with Crippen molar-refractivity contribution < 1.29 is 27.1 Å². The van der Waals surface area contributed by atoms with E-state index in [-0.39, 0.29) is 23.4 Å². The molecular formula is C19H14F4N2O2. The summed E-state index contributed by atoms with van der Waals surface area (Å²) in [5, 5.41) is 3.60. The Labute approximate surface area is 152 Å². The first-order chi connectivity index (χ1) is 12.8. The normalized spacial score (nSPS) is 11.4. The van der Waals surface area contributed by atoms with Crippen LogP contribution in [0.4, 0.5) is 17.6 Å². The largest absolute Gasteiger partial charge is 0.465 e. The van der Waals surface area contributed by atoms with Gasteiger partial charge in [0.2, 0.25) is 0 Å². The van der Waals surface area contributed by atoms with E-state index in [0.717, 1.165) is 17.9 Å². The van der Waals surface area contributed by atoms with E-state index in [1.54, 1.807) is 30.3 Å². The quantitative estimate of drug-likeness (QED) is 0.494. The van der Waals surface area contributed by atoms with Gasteiger partial charge in [-0.05, 0) is 17.7 Å². The molecule has 140 valence electrons. The Morgan fingerprint density at radius 3 is 2.44 bits per heavy atom. The van der Waals surface area contributed by atoms with E-state index >= 15 is 0 Å². The Bertz CT molecular complexity index is 966. The number of methoxy groups -OCH3 is 1. The fraction of sp³-hybridized carbons (Fsp3) is 0.158. The summed E-state index contributed by atoms with van der Waals surface area (Å²) in [5.74, 6) is -1.72. The van der Waals surface area contributed by atoms with Gasteiger partial charge in [0, 0.05) is 5.56 Å². The molecule has 0 aliphatic rings. The summed E-state index contributed by atoms with van der Waals surface area (Å²) in [6.07, 6.45) is -4.64. The summed E-state index contributed by atoms with van der Waals surface area (Å²) in [4.78, 5) is 11.6. The van der Waals surface area contributed by atoms with Crippen molar-refractivity contribution in [2.24, 2.45) is 0 Å². The Morgan fingerprint density at radius 2 is 1.81 bits per heavy atom. The van der Waals surface area contributed by atoms with Crippen LogP contribution in [0.5, 0.6) is 0 Å². The number of hydrogen-bond donors (Lipinski definition) is 0. The topological polar surface area (TPSA) is 44.1 Å². The lowest BCUT2D eigenvalue weighted by Gasteiger charge is -2.10. The van der Waals surface area contributed by atoms with E-state index in [4.69, 9.17) is 0 Å². The molecule has 1 aromatic heterocycles. The third-order valence-electron chi connectivity index (χ3n) is 3.94. The second-order valence-corrected chi connectivity index (χ2v) is 5.71. The molecule has 0 aliphatic heterocycles. The molecule has 0 radical (unpaired) electrons. The van der Waals surface area contributed by atoms with Gasteiger partial charge in [-0.3, -0.25) is 4.68 Å². The fourth-order valence-corrected chi connectivity index (χ4v) is 2.65. The molecule has 2 aromatic carbocycles. The van der Waals surface area contributed by atoms with Gasteiger partial charge >= 0.3 is 12.1 Å². The molecule has 0 N–H and O–H groups in total. The molecule has 8 heteroatoms. The van der Waals surface area contributed by atoms with Crippen LogP contribution in [0.15, 0.2) is 54.6 Å². The molecule has 0 bridgehead atoms. The van der Waals surface area contributed by atoms with E-state index in [9.17, 15) is 22.4 Å². The predicted octanol–water partition coefficient (Wildman–Crippen LogP) is 4.54. The maximum Gasteiger partial charge on any atom is 0.435 e. The van der Waals surface area contributed by atoms with Crippen molar-refractivity contribution in [3.8, 4) is 11.3 Å². The van der Waals surface area contributed by atoms with Gasteiger partial charge in [-0.25, -0.2) is 9.18 Å². The molecular weight excluding hydrogens is 364 g/mol. The first kappa shape index (κ1) is 18.6. The Morgan fingerprint density at radius 1 is 1.11 bits per heavy atom. The van der Waals surface area contributed by atoms with Crippen LogP contribution in [0, 0.1) is 5.82 Å². The number of carbonyl (C=O) groups excluding carboxylic acids is 1. The molecule has 1 heterocycles. The van der Waals surface area contributed by atoms with Crippen molar-refractivity contribution in [1.29, 1.82) is 0 Å². The SMILES string of the molecule is COC(=O)c1cccc(Cn2nc(C(F)(F)F)cc2-c2ccccc2)c1F. The van der Waals surface area contributed by atoms with Crippen molar-refractivity contribution in [2.75, 3.05) is 7.11 Å². The van der Waals surface area contributed by atoms with Crippen LogP contribution in [0.1, 0.15) is 21.6 Å². The van der Waals surface area contributed by atoms with Crippen LogP contribution >= 0.6 is 0 Å². The third-order valence-corrected chi connectivity index (χ3v) is 3.94. The second-order valence-electron chi connectivity index (χ2n) is 5.71. The van der Waals surface area contributed by atoms with Crippen LogP contribution in [0.3, 0.4) is 0 Å². The maximum absolute atomic E-state index is 14.6. The molecule has 4 nitrogen and oxygen atoms in total. The molecule has 0 amide bonds. The number of halogens is 4. The highest BCUT2D eigenvalue weighted by molar-refractivity contribution is 5.89. The molecule has 0 saturated heterocycles. The van der Waals surface area contributed by atoms with Crippen molar-refractivity contribution in [3.63, 3.8) is 0 Å². The maximum atomic E-state index is 14.6. The van der Waals surface area contributed by atoms with Crippen molar-refractivity contribution in [2.45, 2.75) is 12.7 Å². The van der Waals surface area contributed by atoms with Gasteiger partial charge in [0.25, 0.3) is 0 Å². The van der Waals surface area contributed by atoms with E-state index in [1.165, 1.54) is 18.2 Å². The number of carbonyl (C=O) groups is 1. The predicted molar refractivity (Wildman–Crippen MR) is 89.5 cm³/mol. The molecule has 0 spiro atoms. The number of hydrogen-bond acceptors (Lipinski definition) is 3. The Hall–Kier alpha value is -3.16. The number of benzene rings is 2. The summed E-state index contributed by atoms with van der Waals surface area (Å²) < 4.78 is 59.5. The Balaban J connectivity index is 2.07. The standard InChI is InChI=1S/C19H14F4N2O2/c1-27-18(26)14-9-5-8-13(17(14)20)11-25-15(12-6-3-2-4-7-12)10-16(24-25)19(21,22)23/h2-10H,11H2,1H3. The highest BCUT2D eigenvalue weighted by atomic mass is 19.4. The number of aromatic nitrogens is 2. The van der Waals surface area contributed by atoms with Crippen LogP contribution in [0.25, 0.3) is 11.3 Å². The van der Waals surface area contributed by atoms with Crippen molar-refractivity contribution >= 4 is 5.97 Å². The summed E-state index contributed by atoms with van der Waals surface area (Å²) in [5.41, 5.74) is -0.659. The smallest absolute Gasteiger partial charge is 0.435 e. The van der Waals surface area contributed by atoms with Gasteiger partial charge in [0.05, 0.1) is 24.9 Å². The minimum absolute atomic E-state index is 0.0203. The first-order valence-corrected chi connectivity index (χ1v) is 7.87. The number of nitrogens with zero attached hydrogens (tertiary/aromatic N) is 2. The van der Waals surface area contributed by atoms with Crippen LogP contribution in [-0.4, -0.2) is 22.9 Å². The van der Waals surface area contributed by atoms with Crippen LogP contribution in [0.2, 0.25) is 0 Å². The third kappa shape index (κ3) is 3.84. The molecule has 0 saturated carbocycles. The summed E-state index contributed by atoms with van der Waals surface area (Å²) in [7, 11) is 1.12. The lowest BCUT2D eigenvalue weighted by molar-refractivity contribution is -0.141. The number of esters is 1. The minimum Gasteiger partial charge on any atom is -0.465 e. The van der Waals surface area contributed by atoms with E-state index < -0.39 is 23.7 Å². The van der Waals surface area contributed by atoms with Crippen LogP contribution in [-0.2, 0) is 17.5 Å². The van der Waals surface area contributed by atoms with Crippen molar-refractivity contribution in [1.82, 2.24) is 9.78 Å².